The monoisotopic (exact) mass is 323 g/mol. The summed E-state index contributed by atoms with van der Waals surface area (Å²) < 4.78 is 5.20. The summed E-state index contributed by atoms with van der Waals surface area (Å²) in [6, 6.07) is 6.52. The molecule has 7 heteroatoms. The van der Waals surface area contributed by atoms with E-state index in [2.05, 4.69) is 9.98 Å². The number of aliphatic imine (C=N–C) groups is 1. The van der Waals surface area contributed by atoms with Gasteiger partial charge in [0.05, 0.1) is 23.4 Å². The summed E-state index contributed by atoms with van der Waals surface area (Å²) in [4.78, 5) is 8.25. The average molecular weight is 324 g/mol. The fraction of sp³-hybridized carbons (Fsp3) is 0.143. The predicted molar refractivity (Wildman–Crippen MR) is 81.5 cm³/mol. The molecule has 0 spiro atoms. The van der Waals surface area contributed by atoms with Crippen LogP contribution in [-0.2, 0) is 5.60 Å². The lowest BCUT2D eigenvalue weighted by Gasteiger charge is -2.26. The molecular weight excluding hydrogens is 313 g/mol. The molecule has 1 atom stereocenters. The van der Waals surface area contributed by atoms with Gasteiger partial charge in [-0.3, -0.25) is 0 Å². The number of nitrogens with zero attached hydrogens (tertiary/aromatic N) is 2. The topological polar surface area (TPSA) is 80.7 Å². The van der Waals surface area contributed by atoms with Crippen LogP contribution in [0.1, 0.15) is 11.1 Å². The second-order valence-electron chi connectivity index (χ2n) is 4.58. The van der Waals surface area contributed by atoms with Crippen molar-refractivity contribution >= 4 is 34.7 Å². The predicted octanol–water partition coefficient (Wildman–Crippen LogP) is 2.64. The minimum absolute atomic E-state index is 0.0159. The second-order valence-corrected chi connectivity index (χ2v) is 5.45. The summed E-state index contributed by atoms with van der Waals surface area (Å²) in [5, 5.41) is 12.0. The van der Waals surface area contributed by atoms with Gasteiger partial charge in [-0.15, -0.1) is 0 Å². The van der Waals surface area contributed by atoms with E-state index in [0.717, 1.165) is 0 Å². The largest absolute Gasteiger partial charge is 0.481 e. The lowest BCUT2D eigenvalue weighted by Crippen LogP contribution is -2.40. The molecule has 0 bridgehead atoms. The Morgan fingerprint density at radius 3 is 2.62 bits per heavy atom. The van der Waals surface area contributed by atoms with Gasteiger partial charge in [0.15, 0.2) is 5.60 Å². The maximum absolute atomic E-state index is 11.2. The first-order valence-corrected chi connectivity index (χ1v) is 6.79. The highest BCUT2D eigenvalue weighted by molar-refractivity contribution is 6.31. The first-order chi connectivity index (χ1) is 9.96. The molecular formula is C14H11Cl2N3O2. The number of ether oxygens (including phenoxy) is 1. The zero-order valence-corrected chi connectivity index (χ0v) is 12.5. The minimum atomic E-state index is -1.68. The molecule has 2 heterocycles. The van der Waals surface area contributed by atoms with E-state index in [4.69, 9.17) is 33.7 Å². The van der Waals surface area contributed by atoms with Crippen molar-refractivity contribution < 1.29 is 9.84 Å². The number of hydrogen-bond acceptors (Lipinski definition) is 5. The Bertz CT molecular complexity index is 764. The van der Waals surface area contributed by atoms with Crippen molar-refractivity contribution in [2.45, 2.75) is 5.60 Å². The van der Waals surface area contributed by atoms with Crippen LogP contribution in [0.2, 0.25) is 10.0 Å². The molecule has 0 radical (unpaired) electrons. The normalized spacial score (nSPS) is 20.1. The lowest BCUT2D eigenvalue weighted by atomic mass is 9.87. The molecule has 2 aromatic rings. The van der Waals surface area contributed by atoms with Crippen LogP contribution in [0, 0.1) is 0 Å². The van der Waals surface area contributed by atoms with Crippen LogP contribution in [0.4, 0.5) is 5.69 Å². The van der Waals surface area contributed by atoms with Gasteiger partial charge >= 0.3 is 0 Å². The number of hydrogen-bond donors (Lipinski definition) is 2. The van der Waals surface area contributed by atoms with E-state index in [0.29, 0.717) is 26.9 Å². The highest BCUT2D eigenvalue weighted by Crippen LogP contribution is 2.45. The molecule has 0 fully saturated rings. The number of methoxy groups -OCH3 is 1. The fourth-order valence-electron chi connectivity index (χ4n) is 2.38. The minimum Gasteiger partial charge on any atom is -0.481 e. The van der Waals surface area contributed by atoms with Gasteiger partial charge < -0.3 is 15.6 Å². The number of benzene rings is 1. The van der Waals surface area contributed by atoms with E-state index in [1.165, 1.54) is 13.3 Å². The lowest BCUT2D eigenvalue weighted by molar-refractivity contribution is 0.153. The first kappa shape index (κ1) is 14.1. The number of halogens is 2. The molecule has 1 unspecified atom stereocenters. The van der Waals surface area contributed by atoms with Gasteiger partial charge in [-0.05, 0) is 24.3 Å². The number of fused-ring (bicyclic) bond motifs is 1. The van der Waals surface area contributed by atoms with Crippen LogP contribution in [-0.4, -0.2) is 23.0 Å². The Morgan fingerprint density at radius 1 is 1.19 bits per heavy atom. The summed E-state index contributed by atoms with van der Waals surface area (Å²) in [7, 11) is 1.45. The van der Waals surface area contributed by atoms with Gasteiger partial charge in [-0.1, -0.05) is 23.2 Å². The average Bonchev–Trinajstić information content (AvgIpc) is 2.72. The van der Waals surface area contributed by atoms with Crippen LogP contribution >= 0.6 is 23.2 Å². The van der Waals surface area contributed by atoms with Crippen molar-refractivity contribution in [3.05, 3.63) is 51.6 Å². The second kappa shape index (κ2) is 4.87. The highest BCUT2D eigenvalue weighted by atomic mass is 35.5. The van der Waals surface area contributed by atoms with E-state index < -0.39 is 5.60 Å². The number of amidine groups is 1. The third kappa shape index (κ3) is 2.05. The number of aromatic nitrogens is 1. The maximum atomic E-state index is 11.2. The van der Waals surface area contributed by atoms with Crippen molar-refractivity contribution in [1.82, 2.24) is 4.98 Å². The Labute approximate surface area is 131 Å². The van der Waals surface area contributed by atoms with Gasteiger partial charge in [0.2, 0.25) is 5.88 Å². The molecule has 1 aromatic carbocycles. The zero-order chi connectivity index (χ0) is 15.2. The van der Waals surface area contributed by atoms with E-state index in [9.17, 15) is 5.11 Å². The molecule has 0 amide bonds. The smallest absolute Gasteiger partial charge is 0.220 e. The van der Waals surface area contributed by atoms with Crippen molar-refractivity contribution in [2.24, 2.45) is 10.7 Å². The number of aliphatic hydroxyl groups is 1. The molecule has 3 N–H and O–H groups in total. The van der Waals surface area contributed by atoms with Crippen molar-refractivity contribution in [3.8, 4) is 5.88 Å². The Morgan fingerprint density at radius 2 is 1.90 bits per heavy atom. The zero-order valence-electron chi connectivity index (χ0n) is 11.0. The molecule has 1 aromatic heterocycles. The van der Waals surface area contributed by atoms with Gasteiger partial charge in [0.1, 0.15) is 5.84 Å². The SMILES string of the molecule is COc1ncc(Cl)cc1C1(O)C(N)=Nc2ccc(Cl)cc21. The summed E-state index contributed by atoms with van der Waals surface area (Å²) >= 11 is 12.0. The summed E-state index contributed by atoms with van der Waals surface area (Å²) in [5.74, 6) is 0.231. The van der Waals surface area contributed by atoms with Gasteiger partial charge in [0, 0.05) is 16.8 Å². The van der Waals surface area contributed by atoms with E-state index in [1.54, 1.807) is 24.3 Å². The number of pyridine rings is 1. The number of nitrogens with two attached hydrogens (primary N) is 1. The Kier molecular flexibility index (Phi) is 3.28. The maximum Gasteiger partial charge on any atom is 0.220 e. The first-order valence-electron chi connectivity index (χ1n) is 6.04. The Balaban J connectivity index is 2.30. The molecule has 5 nitrogen and oxygen atoms in total. The van der Waals surface area contributed by atoms with E-state index in [1.807, 2.05) is 0 Å². The summed E-state index contributed by atoms with van der Waals surface area (Å²) in [6.45, 7) is 0. The Hall–Kier alpha value is -1.82. The van der Waals surface area contributed by atoms with E-state index >= 15 is 0 Å². The molecule has 108 valence electrons. The summed E-state index contributed by atoms with van der Waals surface area (Å²) in [6.07, 6.45) is 1.43. The number of rotatable bonds is 2. The molecule has 1 aliphatic rings. The third-order valence-corrected chi connectivity index (χ3v) is 3.80. The standard InChI is InChI=1S/C14H11Cl2N3O2/c1-21-12-10(5-8(16)6-18-12)14(20)9-4-7(15)2-3-11(9)19-13(14)17/h2-6,20H,1H3,(H2,17,19). The molecule has 0 saturated carbocycles. The van der Waals surface area contributed by atoms with Gasteiger partial charge in [-0.2, -0.15) is 0 Å². The third-order valence-electron chi connectivity index (χ3n) is 3.36. The van der Waals surface area contributed by atoms with Crippen molar-refractivity contribution in [3.63, 3.8) is 0 Å². The molecule has 1 aliphatic heterocycles. The molecule has 0 aliphatic carbocycles. The van der Waals surface area contributed by atoms with Crippen molar-refractivity contribution in [1.29, 1.82) is 0 Å². The van der Waals surface area contributed by atoms with Crippen LogP contribution in [0.3, 0.4) is 0 Å². The van der Waals surface area contributed by atoms with Gasteiger partial charge in [-0.25, -0.2) is 9.98 Å². The quantitative estimate of drug-likeness (QED) is 0.890. The molecule has 3 rings (SSSR count). The van der Waals surface area contributed by atoms with Crippen LogP contribution in [0.5, 0.6) is 5.88 Å². The van der Waals surface area contributed by atoms with Crippen LogP contribution in [0.15, 0.2) is 35.5 Å². The molecule has 0 saturated heterocycles. The van der Waals surface area contributed by atoms with Crippen LogP contribution in [0.25, 0.3) is 0 Å². The van der Waals surface area contributed by atoms with Crippen molar-refractivity contribution in [2.75, 3.05) is 7.11 Å². The summed E-state index contributed by atoms with van der Waals surface area (Å²) in [5.41, 5.74) is 5.60. The highest BCUT2D eigenvalue weighted by Gasteiger charge is 2.45. The fourth-order valence-corrected chi connectivity index (χ4v) is 2.71. The van der Waals surface area contributed by atoms with Gasteiger partial charge in [0.25, 0.3) is 0 Å². The molecule has 21 heavy (non-hydrogen) atoms. The van der Waals surface area contributed by atoms with Crippen LogP contribution < -0.4 is 10.5 Å². The van der Waals surface area contributed by atoms with E-state index in [-0.39, 0.29) is 11.7 Å².